The molecule has 3 heterocycles. The highest BCUT2D eigenvalue weighted by Crippen LogP contribution is 2.36. The number of aromatic hydroxyl groups is 1. The zero-order chi connectivity index (χ0) is 23.1. The number of H-pyrrole nitrogens is 1. The summed E-state index contributed by atoms with van der Waals surface area (Å²) in [5, 5.41) is 13.5. The number of amides is 1. The van der Waals surface area contributed by atoms with Crippen molar-refractivity contribution in [3.8, 4) is 5.75 Å². The van der Waals surface area contributed by atoms with Gasteiger partial charge < -0.3 is 15.4 Å². The summed E-state index contributed by atoms with van der Waals surface area (Å²) in [4.78, 5) is 38.0. The number of rotatable bonds is 4. The number of likely N-dealkylation sites (tertiary alicyclic amines) is 1. The first-order valence-corrected chi connectivity index (χ1v) is 12.6. The number of anilines is 1. The van der Waals surface area contributed by atoms with E-state index >= 15 is 0 Å². The minimum atomic E-state index is -0.103. The number of fused-ring (bicyclic) bond motifs is 3. The van der Waals surface area contributed by atoms with Crippen LogP contribution in [0.25, 0.3) is 10.2 Å². The molecule has 33 heavy (non-hydrogen) atoms. The monoisotopic (exact) mass is 466 g/mol. The quantitative estimate of drug-likeness (QED) is 0.500. The molecule has 7 nitrogen and oxygen atoms in total. The van der Waals surface area contributed by atoms with Gasteiger partial charge in [0.1, 0.15) is 16.4 Å². The summed E-state index contributed by atoms with van der Waals surface area (Å²) < 4.78 is 0. The molecule has 0 spiro atoms. The number of nitrogens with zero attached hydrogens (tertiary/aromatic N) is 2. The third kappa shape index (κ3) is 4.29. The van der Waals surface area contributed by atoms with Crippen LogP contribution < -0.4 is 10.9 Å². The zero-order valence-electron chi connectivity index (χ0n) is 19.1. The number of phenols is 1. The molecular formula is C25H30N4O3S. The molecule has 1 aromatic carbocycles. The average Bonchev–Trinajstić information content (AvgIpc) is 3.18. The SMILES string of the molecule is C[C@@H]1CCc2c(sc3nc([C@@H](C)N4CCC(C(=O)Nc5ccccc5O)CC4)[nH]c(=O)c23)C1. The minimum absolute atomic E-state index is 0.0224. The third-order valence-electron chi connectivity index (χ3n) is 7.19. The van der Waals surface area contributed by atoms with Crippen molar-refractivity contribution < 1.29 is 9.90 Å². The Morgan fingerprint density at radius 1 is 1.27 bits per heavy atom. The number of aryl methyl sites for hydroxylation is 1. The van der Waals surface area contributed by atoms with Crippen molar-refractivity contribution in [2.45, 2.75) is 52.0 Å². The van der Waals surface area contributed by atoms with E-state index in [0.717, 1.165) is 55.4 Å². The molecule has 8 heteroatoms. The third-order valence-corrected chi connectivity index (χ3v) is 8.34. The Morgan fingerprint density at radius 2 is 2.03 bits per heavy atom. The first-order valence-electron chi connectivity index (χ1n) is 11.8. The van der Waals surface area contributed by atoms with E-state index in [0.29, 0.717) is 17.4 Å². The van der Waals surface area contributed by atoms with E-state index < -0.39 is 0 Å². The van der Waals surface area contributed by atoms with Crippen molar-refractivity contribution >= 4 is 33.1 Å². The van der Waals surface area contributed by atoms with E-state index in [1.165, 1.54) is 10.4 Å². The number of para-hydroxylation sites is 2. The highest BCUT2D eigenvalue weighted by Gasteiger charge is 2.30. The lowest BCUT2D eigenvalue weighted by Crippen LogP contribution is -2.40. The van der Waals surface area contributed by atoms with Crippen LogP contribution in [-0.4, -0.2) is 39.0 Å². The lowest BCUT2D eigenvalue weighted by Gasteiger charge is -2.35. The van der Waals surface area contributed by atoms with Gasteiger partial charge in [0.2, 0.25) is 5.91 Å². The van der Waals surface area contributed by atoms with Crippen LogP contribution in [0.1, 0.15) is 55.4 Å². The molecule has 1 amide bonds. The van der Waals surface area contributed by atoms with Crippen LogP contribution in [0.2, 0.25) is 0 Å². The number of benzene rings is 1. The van der Waals surface area contributed by atoms with E-state index in [2.05, 4.69) is 29.0 Å². The molecule has 0 bridgehead atoms. The second kappa shape index (κ2) is 8.91. The topological polar surface area (TPSA) is 98.3 Å². The first-order chi connectivity index (χ1) is 15.9. The number of thiophene rings is 1. The Morgan fingerprint density at radius 3 is 2.79 bits per heavy atom. The van der Waals surface area contributed by atoms with E-state index in [-0.39, 0.29) is 29.2 Å². The number of carbonyl (C=O) groups excluding carboxylic acids is 1. The summed E-state index contributed by atoms with van der Waals surface area (Å²) in [7, 11) is 0. The molecule has 2 aromatic heterocycles. The van der Waals surface area contributed by atoms with Crippen LogP contribution >= 0.6 is 11.3 Å². The minimum Gasteiger partial charge on any atom is -0.506 e. The number of aromatic amines is 1. The van der Waals surface area contributed by atoms with Gasteiger partial charge in [-0.15, -0.1) is 11.3 Å². The maximum absolute atomic E-state index is 13.0. The fraction of sp³-hybridized carbons (Fsp3) is 0.480. The Labute approximate surface area is 196 Å². The normalized spacial score (nSPS) is 20.5. The molecular weight excluding hydrogens is 436 g/mol. The van der Waals surface area contributed by atoms with Crippen molar-refractivity contribution in [1.82, 2.24) is 14.9 Å². The van der Waals surface area contributed by atoms with Crippen molar-refractivity contribution in [1.29, 1.82) is 0 Å². The Kier molecular flexibility index (Phi) is 5.97. The molecule has 1 aliphatic carbocycles. The molecule has 1 fully saturated rings. The molecule has 1 saturated heterocycles. The fourth-order valence-corrected chi connectivity index (χ4v) is 6.49. The molecule has 0 radical (unpaired) electrons. The van der Waals surface area contributed by atoms with Crippen LogP contribution in [-0.2, 0) is 17.6 Å². The maximum Gasteiger partial charge on any atom is 0.259 e. The van der Waals surface area contributed by atoms with Gasteiger partial charge in [-0.3, -0.25) is 14.5 Å². The Hall–Kier alpha value is -2.71. The van der Waals surface area contributed by atoms with Gasteiger partial charge in [-0.25, -0.2) is 4.98 Å². The number of hydrogen-bond donors (Lipinski definition) is 3. The summed E-state index contributed by atoms with van der Waals surface area (Å²) >= 11 is 1.68. The van der Waals surface area contributed by atoms with Crippen LogP contribution in [0.4, 0.5) is 5.69 Å². The number of phenolic OH excluding ortho intramolecular Hbond substituents is 1. The van der Waals surface area contributed by atoms with E-state index in [9.17, 15) is 14.7 Å². The average molecular weight is 467 g/mol. The van der Waals surface area contributed by atoms with Crippen molar-refractivity contribution in [3.63, 3.8) is 0 Å². The Bertz CT molecular complexity index is 1240. The molecule has 0 unspecified atom stereocenters. The van der Waals surface area contributed by atoms with Gasteiger partial charge in [0.25, 0.3) is 5.56 Å². The maximum atomic E-state index is 13.0. The van der Waals surface area contributed by atoms with Gasteiger partial charge in [0.05, 0.1) is 17.1 Å². The fourth-order valence-electron chi connectivity index (χ4n) is 5.10. The van der Waals surface area contributed by atoms with Crippen molar-refractivity contribution in [3.05, 3.63) is 50.9 Å². The van der Waals surface area contributed by atoms with Gasteiger partial charge in [-0.05, 0) is 75.7 Å². The van der Waals surface area contributed by atoms with Crippen LogP contribution in [0, 0.1) is 11.8 Å². The second-order valence-corrected chi connectivity index (χ2v) is 10.6. The van der Waals surface area contributed by atoms with Crippen LogP contribution in [0.3, 0.4) is 0 Å². The highest BCUT2D eigenvalue weighted by atomic mass is 32.1. The molecule has 0 saturated carbocycles. The van der Waals surface area contributed by atoms with Crippen molar-refractivity contribution in [2.75, 3.05) is 18.4 Å². The largest absolute Gasteiger partial charge is 0.506 e. The number of carbonyl (C=O) groups is 1. The number of aromatic nitrogens is 2. The zero-order valence-corrected chi connectivity index (χ0v) is 19.9. The predicted octanol–water partition coefficient (Wildman–Crippen LogP) is 4.23. The number of piperidine rings is 1. The van der Waals surface area contributed by atoms with Gasteiger partial charge in [-0.2, -0.15) is 0 Å². The summed E-state index contributed by atoms with van der Waals surface area (Å²) in [6.07, 6.45) is 4.58. The van der Waals surface area contributed by atoms with E-state index in [1.54, 1.807) is 35.6 Å². The lowest BCUT2D eigenvalue weighted by atomic mass is 9.89. The van der Waals surface area contributed by atoms with E-state index in [1.807, 2.05) is 0 Å². The van der Waals surface area contributed by atoms with E-state index in [4.69, 9.17) is 4.98 Å². The summed E-state index contributed by atoms with van der Waals surface area (Å²) in [5.74, 6) is 1.28. The van der Waals surface area contributed by atoms with Crippen molar-refractivity contribution in [2.24, 2.45) is 11.8 Å². The number of nitrogens with one attached hydrogen (secondary N) is 2. The smallest absolute Gasteiger partial charge is 0.259 e. The molecule has 3 N–H and O–H groups in total. The molecule has 3 aromatic rings. The van der Waals surface area contributed by atoms with Crippen LogP contribution in [0.5, 0.6) is 5.75 Å². The molecule has 174 valence electrons. The second-order valence-electron chi connectivity index (χ2n) is 9.48. The van der Waals surface area contributed by atoms with Gasteiger partial charge >= 0.3 is 0 Å². The molecule has 5 rings (SSSR count). The molecule has 1 aliphatic heterocycles. The summed E-state index contributed by atoms with van der Waals surface area (Å²) in [6.45, 7) is 5.84. The Balaban J connectivity index is 1.27. The molecule has 2 aliphatic rings. The number of hydrogen-bond acceptors (Lipinski definition) is 6. The lowest BCUT2D eigenvalue weighted by molar-refractivity contribution is -0.121. The van der Waals surface area contributed by atoms with Gasteiger partial charge in [-0.1, -0.05) is 19.1 Å². The van der Waals surface area contributed by atoms with Gasteiger partial charge in [0.15, 0.2) is 0 Å². The summed E-state index contributed by atoms with van der Waals surface area (Å²) in [6, 6.07) is 6.75. The first kappa shape index (κ1) is 22.1. The predicted molar refractivity (Wildman–Crippen MR) is 131 cm³/mol. The van der Waals surface area contributed by atoms with Crippen LogP contribution in [0.15, 0.2) is 29.1 Å². The molecule has 2 atom stereocenters. The summed E-state index contributed by atoms with van der Waals surface area (Å²) in [5.41, 5.74) is 1.63. The van der Waals surface area contributed by atoms with Gasteiger partial charge in [0, 0.05) is 10.8 Å². The standard InChI is InChI=1S/C25H30N4O3S/c1-14-7-8-17-20(13-14)33-25-21(17)24(32)27-22(28-25)15(2)29-11-9-16(10-12-29)23(31)26-18-5-3-4-6-19(18)30/h3-6,14-16,30H,7-13H2,1-2H3,(H,26,31)(H,27,28,32)/t14-,15-/m1/s1. The highest BCUT2D eigenvalue weighted by molar-refractivity contribution is 7.18.